The number of nitrogens with zero attached hydrogens (tertiary/aromatic N) is 2. The predicted octanol–water partition coefficient (Wildman–Crippen LogP) is 2.32. The first-order valence-electron chi connectivity index (χ1n) is 11.6. The third kappa shape index (κ3) is 8.11. The van der Waals surface area contributed by atoms with Gasteiger partial charge in [0, 0.05) is 50.9 Å². The number of anilines is 1. The van der Waals surface area contributed by atoms with Gasteiger partial charge < -0.3 is 20.9 Å². The van der Waals surface area contributed by atoms with Crippen molar-refractivity contribution < 1.29 is 18.8 Å². The molecule has 1 saturated carbocycles. The van der Waals surface area contributed by atoms with E-state index in [4.69, 9.17) is 0 Å². The predicted molar refractivity (Wildman–Crippen MR) is 121 cm³/mol. The Morgan fingerprint density at radius 2 is 1.66 bits per heavy atom. The van der Waals surface area contributed by atoms with Crippen molar-refractivity contribution in [3.8, 4) is 0 Å². The molecule has 1 aromatic carbocycles. The molecule has 3 N–H and O–H groups in total. The highest BCUT2D eigenvalue weighted by Gasteiger charge is 2.22. The molecule has 32 heavy (non-hydrogen) atoms. The zero-order valence-corrected chi connectivity index (χ0v) is 18.6. The molecule has 4 amide bonds. The van der Waals surface area contributed by atoms with Gasteiger partial charge in [0.1, 0.15) is 5.82 Å². The highest BCUT2D eigenvalue weighted by atomic mass is 19.1. The van der Waals surface area contributed by atoms with Crippen LogP contribution < -0.4 is 16.0 Å². The van der Waals surface area contributed by atoms with Crippen LogP contribution in [0, 0.1) is 5.82 Å². The molecule has 1 aliphatic carbocycles. The normalized spacial score (nSPS) is 17.6. The lowest BCUT2D eigenvalue weighted by Crippen LogP contribution is -2.50. The molecule has 2 aliphatic rings. The molecule has 1 saturated heterocycles. The van der Waals surface area contributed by atoms with Gasteiger partial charge in [-0.3, -0.25) is 14.5 Å². The third-order valence-corrected chi connectivity index (χ3v) is 6.01. The first kappa shape index (κ1) is 24.0. The van der Waals surface area contributed by atoms with E-state index >= 15 is 0 Å². The maximum absolute atomic E-state index is 12.9. The molecular formula is C23H34FN5O3. The molecule has 176 valence electrons. The van der Waals surface area contributed by atoms with Gasteiger partial charge in [-0.2, -0.15) is 0 Å². The summed E-state index contributed by atoms with van der Waals surface area (Å²) in [6, 6.07) is 5.80. The molecule has 0 radical (unpaired) electrons. The minimum Gasteiger partial charge on any atom is -0.340 e. The monoisotopic (exact) mass is 447 g/mol. The van der Waals surface area contributed by atoms with E-state index in [1.54, 1.807) is 0 Å². The summed E-state index contributed by atoms with van der Waals surface area (Å²) in [5.74, 6) is -0.425. The van der Waals surface area contributed by atoms with Gasteiger partial charge >= 0.3 is 6.03 Å². The minimum absolute atomic E-state index is 0.0786. The molecule has 8 nitrogen and oxygen atoms in total. The smallest absolute Gasteiger partial charge is 0.315 e. The van der Waals surface area contributed by atoms with Crippen LogP contribution in [0.3, 0.4) is 0 Å². The van der Waals surface area contributed by atoms with Gasteiger partial charge in [0.15, 0.2) is 0 Å². The Kier molecular flexibility index (Phi) is 9.27. The zero-order chi connectivity index (χ0) is 22.8. The second kappa shape index (κ2) is 12.4. The molecule has 2 fully saturated rings. The van der Waals surface area contributed by atoms with Crippen molar-refractivity contribution in [2.75, 3.05) is 44.6 Å². The van der Waals surface area contributed by atoms with Crippen LogP contribution in [0.4, 0.5) is 14.9 Å². The van der Waals surface area contributed by atoms with Crippen molar-refractivity contribution >= 4 is 23.5 Å². The average Bonchev–Trinajstić information content (AvgIpc) is 2.79. The number of piperazine rings is 1. The molecule has 0 atom stereocenters. The van der Waals surface area contributed by atoms with Crippen molar-refractivity contribution in [3.63, 3.8) is 0 Å². The van der Waals surface area contributed by atoms with E-state index in [0.717, 1.165) is 12.8 Å². The number of amides is 4. The number of hydrogen-bond acceptors (Lipinski definition) is 4. The number of benzene rings is 1. The van der Waals surface area contributed by atoms with Gasteiger partial charge in [-0.05, 0) is 43.5 Å². The van der Waals surface area contributed by atoms with E-state index in [0.29, 0.717) is 51.3 Å². The Morgan fingerprint density at radius 1 is 0.969 bits per heavy atom. The first-order valence-corrected chi connectivity index (χ1v) is 11.6. The van der Waals surface area contributed by atoms with E-state index in [-0.39, 0.29) is 36.2 Å². The van der Waals surface area contributed by atoms with Gasteiger partial charge in [-0.15, -0.1) is 0 Å². The molecule has 1 heterocycles. The number of hydrogen-bond donors (Lipinski definition) is 3. The van der Waals surface area contributed by atoms with E-state index in [9.17, 15) is 18.8 Å². The van der Waals surface area contributed by atoms with Gasteiger partial charge in [-0.1, -0.05) is 19.3 Å². The van der Waals surface area contributed by atoms with E-state index in [1.807, 2.05) is 9.80 Å². The van der Waals surface area contributed by atoms with Crippen molar-refractivity contribution in [3.05, 3.63) is 30.1 Å². The summed E-state index contributed by atoms with van der Waals surface area (Å²) >= 11 is 0. The lowest BCUT2D eigenvalue weighted by molar-refractivity contribution is -0.133. The zero-order valence-electron chi connectivity index (χ0n) is 18.6. The summed E-state index contributed by atoms with van der Waals surface area (Å²) in [5, 5.41) is 8.61. The minimum atomic E-state index is -0.345. The molecule has 0 unspecified atom stereocenters. The topological polar surface area (TPSA) is 93.8 Å². The molecular weight excluding hydrogens is 413 g/mol. The van der Waals surface area contributed by atoms with E-state index in [2.05, 4.69) is 16.0 Å². The Balaban J connectivity index is 1.25. The van der Waals surface area contributed by atoms with E-state index < -0.39 is 0 Å². The van der Waals surface area contributed by atoms with Crippen LogP contribution in [0.5, 0.6) is 0 Å². The Hall–Kier alpha value is -2.68. The number of rotatable bonds is 8. The van der Waals surface area contributed by atoms with Crippen LogP contribution >= 0.6 is 0 Å². The standard InChI is InChI=1S/C23H34FN5O3/c24-18-8-10-20(11-9-18)26-21(30)17-28-13-15-29(16-14-28)22(31)7-4-12-25-23(32)27-19-5-2-1-3-6-19/h8-11,19H,1-7,12-17H2,(H,26,30)(H2,25,27,32). The van der Waals surface area contributed by atoms with Crippen LogP contribution in [-0.2, 0) is 9.59 Å². The van der Waals surface area contributed by atoms with Crippen LogP contribution in [-0.4, -0.2) is 73.0 Å². The Morgan fingerprint density at radius 3 is 2.34 bits per heavy atom. The summed E-state index contributed by atoms with van der Waals surface area (Å²) in [4.78, 5) is 40.4. The van der Waals surface area contributed by atoms with Crippen molar-refractivity contribution in [1.82, 2.24) is 20.4 Å². The van der Waals surface area contributed by atoms with E-state index in [1.165, 1.54) is 43.5 Å². The lowest BCUT2D eigenvalue weighted by atomic mass is 9.96. The summed E-state index contributed by atoms with van der Waals surface area (Å²) < 4.78 is 12.9. The van der Waals surface area contributed by atoms with Crippen LogP contribution in [0.2, 0.25) is 0 Å². The van der Waals surface area contributed by atoms with Crippen LogP contribution in [0.15, 0.2) is 24.3 Å². The van der Waals surface area contributed by atoms with Gasteiger partial charge in [-0.25, -0.2) is 9.18 Å². The fraction of sp³-hybridized carbons (Fsp3) is 0.609. The second-order valence-corrected chi connectivity index (χ2v) is 8.55. The molecule has 0 spiro atoms. The fourth-order valence-corrected chi connectivity index (χ4v) is 4.18. The van der Waals surface area contributed by atoms with Crippen molar-refractivity contribution in [2.24, 2.45) is 0 Å². The van der Waals surface area contributed by atoms with Gasteiger partial charge in [0.2, 0.25) is 11.8 Å². The highest BCUT2D eigenvalue weighted by molar-refractivity contribution is 5.92. The molecule has 1 aromatic rings. The maximum Gasteiger partial charge on any atom is 0.315 e. The van der Waals surface area contributed by atoms with Crippen LogP contribution in [0.1, 0.15) is 44.9 Å². The fourth-order valence-electron chi connectivity index (χ4n) is 4.18. The molecule has 1 aliphatic heterocycles. The highest BCUT2D eigenvalue weighted by Crippen LogP contribution is 2.17. The Labute approximate surface area is 188 Å². The SMILES string of the molecule is O=C(CN1CCN(C(=O)CCCNC(=O)NC2CCCCC2)CC1)Nc1ccc(F)cc1. The lowest BCUT2D eigenvalue weighted by Gasteiger charge is -2.34. The first-order chi connectivity index (χ1) is 15.5. The molecule has 3 rings (SSSR count). The van der Waals surface area contributed by atoms with Crippen molar-refractivity contribution in [1.29, 1.82) is 0 Å². The van der Waals surface area contributed by atoms with Crippen LogP contribution in [0.25, 0.3) is 0 Å². The number of carbonyl (C=O) groups excluding carboxylic acids is 3. The number of carbonyl (C=O) groups is 3. The van der Waals surface area contributed by atoms with Gasteiger partial charge in [0.05, 0.1) is 6.54 Å². The number of urea groups is 1. The summed E-state index contributed by atoms with van der Waals surface area (Å²) in [7, 11) is 0. The molecule has 9 heteroatoms. The van der Waals surface area contributed by atoms with Crippen molar-refractivity contribution in [2.45, 2.75) is 51.0 Å². The second-order valence-electron chi connectivity index (χ2n) is 8.55. The summed E-state index contributed by atoms with van der Waals surface area (Å²) in [5.41, 5.74) is 0.561. The molecule has 0 bridgehead atoms. The largest absolute Gasteiger partial charge is 0.340 e. The Bertz CT molecular complexity index is 759. The summed E-state index contributed by atoms with van der Waals surface area (Å²) in [6.45, 7) is 3.14. The molecule has 0 aromatic heterocycles. The van der Waals surface area contributed by atoms with Gasteiger partial charge in [0.25, 0.3) is 0 Å². The third-order valence-electron chi connectivity index (χ3n) is 6.01. The number of nitrogens with one attached hydrogen (secondary N) is 3. The number of halogens is 1. The summed E-state index contributed by atoms with van der Waals surface area (Å²) in [6.07, 6.45) is 6.69. The maximum atomic E-state index is 12.9. The quantitative estimate of drug-likeness (QED) is 0.533. The average molecular weight is 448 g/mol.